The zero-order valence-electron chi connectivity index (χ0n) is 16.6. The Bertz CT molecular complexity index is 1140. The monoisotopic (exact) mass is 566 g/mol. The minimum atomic E-state index is -3.66. The van der Waals surface area contributed by atoms with Crippen molar-refractivity contribution in [1.82, 2.24) is 4.72 Å². The first-order valence-electron chi connectivity index (χ1n) is 9.26. The molecule has 3 aromatic rings. The van der Waals surface area contributed by atoms with Gasteiger partial charge in [0.15, 0.2) is 6.61 Å². The van der Waals surface area contributed by atoms with Crippen molar-refractivity contribution in [2.24, 2.45) is 0 Å². The van der Waals surface area contributed by atoms with Gasteiger partial charge in [0.05, 0.1) is 9.37 Å². The van der Waals surface area contributed by atoms with Crippen LogP contribution in [0.1, 0.15) is 11.1 Å². The predicted molar refractivity (Wildman–Crippen MR) is 128 cm³/mol. The van der Waals surface area contributed by atoms with E-state index in [-0.39, 0.29) is 24.0 Å². The molecule has 3 aromatic carbocycles. The maximum absolute atomic E-state index is 12.5. The van der Waals surface area contributed by atoms with Crippen LogP contribution in [0.25, 0.3) is 0 Å². The molecular formula is C22H20Br2N2O4S. The lowest BCUT2D eigenvalue weighted by Gasteiger charge is -2.12. The molecule has 0 spiro atoms. The molecule has 0 aliphatic carbocycles. The van der Waals surface area contributed by atoms with E-state index in [1.54, 1.807) is 0 Å². The molecule has 31 heavy (non-hydrogen) atoms. The molecular weight excluding hydrogens is 548 g/mol. The Labute approximate surface area is 198 Å². The fourth-order valence-corrected chi connectivity index (χ4v) is 5.35. The third-order valence-electron chi connectivity index (χ3n) is 4.30. The summed E-state index contributed by atoms with van der Waals surface area (Å²) in [4.78, 5) is 12.3. The van der Waals surface area contributed by atoms with Gasteiger partial charge in [-0.05, 0) is 70.4 Å². The lowest BCUT2D eigenvalue weighted by Crippen LogP contribution is -2.23. The third kappa shape index (κ3) is 6.64. The summed E-state index contributed by atoms with van der Waals surface area (Å²) in [7, 11) is -3.66. The van der Waals surface area contributed by atoms with E-state index >= 15 is 0 Å². The summed E-state index contributed by atoms with van der Waals surface area (Å²) in [5.74, 6) is 0.233. The SMILES string of the molecule is Cc1cc(Br)cc(Br)c1OCC(=O)Nc1ccc(S(=O)(=O)NCc2ccccc2)cc1. The first-order valence-corrected chi connectivity index (χ1v) is 12.3. The molecule has 0 unspecified atom stereocenters. The first kappa shape index (κ1) is 23.5. The van der Waals surface area contributed by atoms with Gasteiger partial charge in [-0.25, -0.2) is 13.1 Å². The van der Waals surface area contributed by atoms with Gasteiger partial charge in [-0.2, -0.15) is 0 Å². The van der Waals surface area contributed by atoms with Crippen LogP contribution in [0.2, 0.25) is 0 Å². The number of hydrogen-bond donors (Lipinski definition) is 2. The van der Waals surface area contributed by atoms with Crippen molar-refractivity contribution < 1.29 is 17.9 Å². The van der Waals surface area contributed by atoms with Gasteiger partial charge in [-0.1, -0.05) is 46.3 Å². The van der Waals surface area contributed by atoms with E-state index < -0.39 is 10.0 Å². The molecule has 0 radical (unpaired) electrons. The van der Waals surface area contributed by atoms with Gasteiger partial charge in [0.2, 0.25) is 10.0 Å². The Morgan fingerprint density at radius 1 is 1.00 bits per heavy atom. The number of nitrogens with one attached hydrogen (secondary N) is 2. The van der Waals surface area contributed by atoms with Crippen LogP contribution >= 0.6 is 31.9 Å². The van der Waals surface area contributed by atoms with Crippen molar-refractivity contribution in [3.8, 4) is 5.75 Å². The molecule has 6 nitrogen and oxygen atoms in total. The van der Waals surface area contributed by atoms with Crippen LogP contribution in [0.15, 0.2) is 80.6 Å². The summed E-state index contributed by atoms with van der Waals surface area (Å²) in [5.41, 5.74) is 2.22. The molecule has 1 amide bonds. The Kier molecular flexibility index (Phi) is 7.88. The molecule has 2 N–H and O–H groups in total. The maximum atomic E-state index is 12.5. The number of aryl methyl sites for hydroxylation is 1. The summed E-state index contributed by atoms with van der Waals surface area (Å²) >= 11 is 6.82. The fraction of sp³-hybridized carbons (Fsp3) is 0.136. The van der Waals surface area contributed by atoms with Crippen molar-refractivity contribution in [2.45, 2.75) is 18.4 Å². The summed E-state index contributed by atoms with van der Waals surface area (Å²) in [6.07, 6.45) is 0. The molecule has 9 heteroatoms. The first-order chi connectivity index (χ1) is 14.7. The van der Waals surface area contributed by atoms with Gasteiger partial charge in [-0.3, -0.25) is 4.79 Å². The van der Waals surface area contributed by atoms with Gasteiger partial charge >= 0.3 is 0 Å². The van der Waals surface area contributed by atoms with Crippen LogP contribution in [0, 0.1) is 6.92 Å². The second-order valence-electron chi connectivity index (χ2n) is 6.71. The molecule has 0 saturated carbocycles. The highest BCUT2D eigenvalue weighted by atomic mass is 79.9. The number of anilines is 1. The topological polar surface area (TPSA) is 84.5 Å². The second-order valence-corrected chi connectivity index (χ2v) is 10.2. The number of rotatable bonds is 8. The van der Waals surface area contributed by atoms with Crippen molar-refractivity contribution >= 4 is 53.5 Å². The van der Waals surface area contributed by atoms with Crippen molar-refractivity contribution in [2.75, 3.05) is 11.9 Å². The van der Waals surface area contributed by atoms with Crippen molar-refractivity contribution in [1.29, 1.82) is 0 Å². The van der Waals surface area contributed by atoms with Crippen LogP contribution in [0.5, 0.6) is 5.75 Å². The zero-order chi connectivity index (χ0) is 22.4. The van der Waals surface area contributed by atoms with Gasteiger partial charge in [0.25, 0.3) is 5.91 Å². The highest BCUT2D eigenvalue weighted by Crippen LogP contribution is 2.32. The van der Waals surface area contributed by atoms with Gasteiger partial charge in [0, 0.05) is 16.7 Å². The van der Waals surface area contributed by atoms with Crippen LogP contribution in [0.4, 0.5) is 5.69 Å². The van der Waals surface area contributed by atoms with E-state index in [1.165, 1.54) is 24.3 Å². The minimum absolute atomic E-state index is 0.118. The van der Waals surface area contributed by atoms with Crippen LogP contribution in [-0.4, -0.2) is 20.9 Å². The van der Waals surface area contributed by atoms with E-state index in [9.17, 15) is 13.2 Å². The largest absolute Gasteiger partial charge is 0.482 e. The Morgan fingerprint density at radius 2 is 1.68 bits per heavy atom. The molecule has 0 aliphatic rings. The smallest absolute Gasteiger partial charge is 0.262 e. The highest BCUT2D eigenvalue weighted by molar-refractivity contribution is 9.11. The molecule has 0 fully saturated rings. The molecule has 0 aliphatic heterocycles. The number of carbonyl (C=O) groups is 1. The quantitative estimate of drug-likeness (QED) is 0.400. The molecule has 162 valence electrons. The van der Waals surface area contributed by atoms with Crippen molar-refractivity contribution in [3.05, 3.63) is 86.8 Å². The second kappa shape index (κ2) is 10.4. The highest BCUT2D eigenvalue weighted by Gasteiger charge is 2.14. The number of sulfonamides is 1. The molecule has 0 heterocycles. The standard InChI is InChI=1S/C22H20Br2N2O4S/c1-15-11-17(23)12-20(24)22(15)30-14-21(27)26-18-7-9-19(10-8-18)31(28,29)25-13-16-5-3-2-4-6-16/h2-12,25H,13-14H2,1H3,(H,26,27). The van der Waals surface area contributed by atoms with E-state index in [2.05, 4.69) is 41.9 Å². The Balaban J connectivity index is 1.57. The molecule has 0 saturated heterocycles. The van der Waals surface area contributed by atoms with Crippen LogP contribution in [0.3, 0.4) is 0 Å². The number of benzene rings is 3. The van der Waals surface area contributed by atoms with E-state index in [4.69, 9.17) is 4.74 Å². The lowest BCUT2D eigenvalue weighted by atomic mass is 10.2. The summed E-state index contributed by atoms with van der Waals surface area (Å²) in [5, 5.41) is 2.70. The van der Waals surface area contributed by atoms with Crippen molar-refractivity contribution in [3.63, 3.8) is 0 Å². The summed E-state index contributed by atoms with van der Waals surface area (Å²) in [6.45, 7) is 1.90. The number of amides is 1. The molecule has 0 bridgehead atoms. The number of ether oxygens (including phenoxy) is 1. The van der Waals surface area contributed by atoms with Crippen LogP contribution < -0.4 is 14.8 Å². The Hall–Kier alpha value is -2.20. The fourth-order valence-electron chi connectivity index (χ4n) is 2.78. The average molecular weight is 568 g/mol. The third-order valence-corrected chi connectivity index (χ3v) is 6.76. The maximum Gasteiger partial charge on any atom is 0.262 e. The number of hydrogen-bond acceptors (Lipinski definition) is 4. The zero-order valence-corrected chi connectivity index (χ0v) is 20.6. The summed E-state index contributed by atoms with van der Waals surface area (Å²) in [6, 6.07) is 18.9. The molecule has 3 rings (SSSR count). The van der Waals surface area contributed by atoms with E-state index in [0.29, 0.717) is 11.4 Å². The van der Waals surface area contributed by atoms with E-state index in [1.807, 2.05) is 49.4 Å². The predicted octanol–water partition coefficient (Wildman–Crippen LogP) is 5.02. The van der Waals surface area contributed by atoms with Gasteiger partial charge < -0.3 is 10.1 Å². The summed E-state index contributed by atoms with van der Waals surface area (Å²) < 4.78 is 34.7. The number of halogens is 2. The number of carbonyl (C=O) groups excluding carboxylic acids is 1. The Morgan fingerprint density at radius 3 is 2.32 bits per heavy atom. The molecule has 0 atom stereocenters. The van der Waals surface area contributed by atoms with E-state index in [0.717, 1.165) is 20.1 Å². The molecule has 0 aromatic heterocycles. The normalized spacial score (nSPS) is 11.2. The average Bonchev–Trinajstić information content (AvgIpc) is 2.73. The minimum Gasteiger partial charge on any atom is -0.482 e. The van der Waals surface area contributed by atoms with Gasteiger partial charge in [-0.15, -0.1) is 0 Å². The van der Waals surface area contributed by atoms with Crippen LogP contribution in [-0.2, 0) is 21.4 Å². The van der Waals surface area contributed by atoms with Gasteiger partial charge in [0.1, 0.15) is 5.75 Å². The lowest BCUT2D eigenvalue weighted by molar-refractivity contribution is -0.118.